The zero-order valence-electron chi connectivity index (χ0n) is 12.3. The lowest BCUT2D eigenvalue weighted by molar-refractivity contribution is 0.0956. The lowest BCUT2D eigenvalue weighted by Gasteiger charge is -2.19. The Balaban J connectivity index is 2.91. The smallest absolute Gasteiger partial charge is 0.253 e. The molecular weight excluding hydrogens is 238 g/mol. The quantitative estimate of drug-likeness (QED) is 0.691. The van der Waals surface area contributed by atoms with Gasteiger partial charge in [0.25, 0.3) is 5.91 Å². The van der Waals surface area contributed by atoms with Crippen molar-refractivity contribution in [1.82, 2.24) is 5.32 Å². The number of nitrogen functional groups attached to an aromatic ring is 1. The van der Waals surface area contributed by atoms with Crippen molar-refractivity contribution < 1.29 is 4.79 Å². The van der Waals surface area contributed by atoms with Crippen molar-refractivity contribution >= 4 is 17.3 Å². The van der Waals surface area contributed by atoms with E-state index in [-0.39, 0.29) is 5.91 Å². The van der Waals surface area contributed by atoms with Crippen LogP contribution in [0.3, 0.4) is 0 Å². The van der Waals surface area contributed by atoms with Gasteiger partial charge < -0.3 is 16.4 Å². The van der Waals surface area contributed by atoms with Crippen LogP contribution < -0.4 is 16.4 Å². The number of rotatable bonds is 6. The zero-order chi connectivity index (χ0) is 14.4. The van der Waals surface area contributed by atoms with Gasteiger partial charge >= 0.3 is 0 Å². The van der Waals surface area contributed by atoms with Crippen LogP contribution >= 0.6 is 0 Å². The highest BCUT2D eigenvalue weighted by Crippen LogP contribution is 2.21. The molecule has 0 saturated carbocycles. The number of nitrogens with two attached hydrogens (primary N) is 1. The van der Waals surface area contributed by atoms with Crippen LogP contribution in [0.15, 0.2) is 18.2 Å². The van der Waals surface area contributed by atoms with Crippen molar-refractivity contribution in [1.29, 1.82) is 0 Å². The molecule has 19 heavy (non-hydrogen) atoms. The normalized spacial score (nSPS) is 12.3. The van der Waals surface area contributed by atoms with Gasteiger partial charge in [-0.3, -0.25) is 4.79 Å². The van der Waals surface area contributed by atoms with Crippen LogP contribution in [0.5, 0.6) is 0 Å². The van der Waals surface area contributed by atoms with Crippen LogP contribution in [-0.2, 0) is 0 Å². The van der Waals surface area contributed by atoms with Gasteiger partial charge in [-0.15, -0.1) is 0 Å². The number of amides is 1. The topological polar surface area (TPSA) is 67.2 Å². The van der Waals surface area contributed by atoms with Gasteiger partial charge in [-0.2, -0.15) is 0 Å². The van der Waals surface area contributed by atoms with E-state index < -0.39 is 0 Å². The molecule has 0 aromatic heterocycles. The van der Waals surface area contributed by atoms with E-state index in [1.54, 1.807) is 12.1 Å². The third-order valence-electron chi connectivity index (χ3n) is 2.85. The fourth-order valence-corrected chi connectivity index (χ4v) is 2.17. The fourth-order valence-electron chi connectivity index (χ4n) is 2.17. The standard InChI is InChI=1S/C15H25N3O/c1-5-17-15(19)13-7-6-12(16)9-14(13)18-11(4)8-10(2)3/h6-7,9-11,18H,5,8,16H2,1-4H3,(H,17,19). The SMILES string of the molecule is CCNC(=O)c1ccc(N)cc1NC(C)CC(C)C. The number of hydrogen-bond acceptors (Lipinski definition) is 3. The molecule has 1 amide bonds. The Morgan fingerprint density at radius 3 is 2.58 bits per heavy atom. The first-order chi connectivity index (χ1) is 8.93. The van der Waals surface area contributed by atoms with E-state index in [0.717, 1.165) is 12.1 Å². The summed E-state index contributed by atoms with van der Waals surface area (Å²) in [6, 6.07) is 5.64. The Morgan fingerprint density at radius 1 is 1.32 bits per heavy atom. The number of hydrogen-bond donors (Lipinski definition) is 3. The second-order valence-electron chi connectivity index (χ2n) is 5.34. The summed E-state index contributed by atoms with van der Waals surface area (Å²) in [7, 11) is 0. The summed E-state index contributed by atoms with van der Waals surface area (Å²) in [5.41, 5.74) is 7.92. The largest absolute Gasteiger partial charge is 0.399 e. The van der Waals surface area contributed by atoms with Crippen molar-refractivity contribution in [3.63, 3.8) is 0 Å². The van der Waals surface area contributed by atoms with Gasteiger partial charge in [-0.05, 0) is 44.4 Å². The zero-order valence-corrected chi connectivity index (χ0v) is 12.3. The molecule has 1 aromatic carbocycles. The summed E-state index contributed by atoms with van der Waals surface area (Å²) in [4.78, 5) is 12.0. The maximum absolute atomic E-state index is 12.0. The molecule has 1 unspecified atom stereocenters. The van der Waals surface area contributed by atoms with Crippen LogP contribution in [0.25, 0.3) is 0 Å². The Bertz CT molecular complexity index is 429. The minimum absolute atomic E-state index is 0.0678. The third-order valence-corrected chi connectivity index (χ3v) is 2.85. The minimum Gasteiger partial charge on any atom is -0.399 e. The van der Waals surface area contributed by atoms with Crippen LogP contribution in [0.1, 0.15) is 44.5 Å². The molecule has 4 N–H and O–H groups in total. The monoisotopic (exact) mass is 263 g/mol. The first kappa shape index (κ1) is 15.3. The fraction of sp³-hybridized carbons (Fsp3) is 0.533. The number of anilines is 2. The number of carbonyl (C=O) groups excluding carboxylic acids is 1. The molecule has 0 aliphatic heterocycles. The maximum Gasteiger partial charge on any atom is 0.253 e. The highest BCUT2D eigenvalue weighted by molar-refractivity contribution is 6.00. The van der Waals surface area contributed by atoms with Crippen molar-refractivity contribution in [3.05, 3.63) is 23.8 Å². The molecule has 0 spiro atoms. The summed E-state index contributed by atoms with van der Waals surface area (Å²) in [5.74, 6) is 0.540. The van der Waals surface area contributed by atoms with Crippen LogP contribution in [-0.4, -0.2) is 18.5 Å². The molecule has 106 valence electrons. The molecule has 0 aliphatic carbocycles. The van der Waals surface area contributed by atoms with Crippen molar-refractivity contribution in [3.8, 4) is 0 Å². The Morgan fingerprint density at radius 2 is 2.00 bits per heavy atom. The second kappa shape index (κ2) is 7.02. The Kier molecular flexibility index (Phi) is 5.67. The van der Waals surface area contributed by atoms with Gasteiger partial charge in [-0.25, -0.2) is 0 Å². The van der Waals surface area contributed by atoms with Gasteiger partial charge in [0.1, 0.15) is 0 Å². The predicted octanol–water partition coefficient (Wildman–Crippen LogP) is 2.87. The van der Waals surface area contributed by atoms with Crippen molar-refractivity contribution in [2.24, 2.45) is 5.92 Å². The number of nitrogens with one attached hydrogen (secondary N) is 2. The summed E-state index contributed by atoms with van der Waals surface area (Å²) >= 11 is 0. The first-order valence-electron chi connectivity index (χ1n) is 6.88. The second-order valence-corrected chi connectivity index (χ2v) is 5.34. The Labute approximate surface area is 115 Å². The van der Waals surface area contributed by atoms with E-state index in [9.17, 15) is 4.79 Å². The molecule has 0 saturated heterocycles. The molecule has 1 rings (SSSR count). The van der Waals surface area contributed by atoms with E-state index in [1.165, 1.54) is 0 Å². The Hall–Kier alpha value is -1.71. The van der Waals surface area contributed by atoms with E-state index in [1.807, 2.05) is 13.0 Å². The maximum atomic E-state index is 12.0. The van der Waals surface area contributed by atoms with Crippen molar-refractivity contribution in [2.45, 2.75) is 40.2 Å². The molecule has 1 atom stereocenters. The molecule has 4 nitrogen and oxygen atoms in total. The van der Waals surface area contributed by atoms with E-state index in [0.29, 0.717) is 29.8 Å². The van der Waals surface area contributed by atoms with E-state index >= 15 is 0 Å². The molecule has 1 aromatic rings. The van der Waals surface area contributed by atoms with E-state index in [4.69, 9.17) is 5.73 Å². The minimum atomic E-state index is -0.0678. The third kappa shape index (κ3) is 4.81. The van der Waals surface area contributed by atoms with Crippen molar-refractivity contribution in [2.75, 3.05) is 17.6 Å². The molecule has 0 heterocycles. The molecular formula is C15H25N3O. The average Bonchev–Trinajstić information content (AvgIpc) is 2.27. The number of benzene rings is 1. The molecule has 0 fully saturated rings. The van der Waals surface area contributed by atoms with Gasteiger partial charge in [0.2, 0.25) is 0 Å². The van der Waals surface area contributed by atoms with Gasteiger partial charge in [0.05, 0.1) is 5.56 Å². The van der Waals surface area contributed by atoms with Crippen LogP contribution in [0.2, 0.25) is 0 Å². The van der Waals surface area contributed by atoms with E-state index in [2.05, 4.69) is 31.4 Å². The molecule has 0 aliphatic rings. The number of carbonyl (C=O) groups is 1. The predicted molar refractivity (Wildman–Crippen MR) is 81.4 cm³/mol. The first-order valence-corrected chi connectivity index (χ1v) is 6.88. The lowest BCUT2D eigenvalue weighted by atomic mass is 10.0. The summed E-state index contributed by atoms with van der Waals surface area (Å²) < 4.78 is 0. The van der Waals surface area contributed by atoms with Gasteiger partial charge in [-0.1, -0.05) is 13.8 Å². The van der Waals surface area contributed by atoms with Gasteiger partial charge in [0.15, 0.2) is 0 Å². The molecule has 0 bridgehead atoms. The van der Waals surface area contributed by atoms with Crippen LogP contribution in [0, 0.1) is 5.92 Å². The summed E-state index contributed by atoms with van der Waals surface area (Å²) in [6.45, 7) is 9.00. The lowest BCUT2D eigenvalue weighted by Crippen LogP contribution is -2.25. The highest BCUT2D eigenvalue weighted by atomic mass is 16.1. The van der Waals surface area contributed by atoms with Crippen LogP contribution in [0.4, 0.5) is 11.4 Å². The summed E-state index contributed by atoms with van der Waals surface area (Å²) in [5, 5.41) is 6.20. The highest BCUT2D eigenvalue weighted by Gasteiger charge is 2.13. The molecule has 4 heteroatoms. The molecule has 0 radical (unpaired) electrons. The van der Waals surface area contributed by atoms with Gasteiger partial charge in [0, 0.05) is 24.0 Å². The summed E-state index contributed by atoms with van der Waals surface area (Å²) in [6.07, 6.45) is 1.05. The average molecular weight is 263 g/mol.